The smallest absolute Gasteiger partial charge is 0.307 e. The van der Waals surface area contributed by atoms with Gasteiger partial charge in [-0.05, 0) is 30.7 Å². The summed E-state index contributed by atoms with van der Waals surface area (Å²) in [6.45, 7) is -0.0855. The third kappa shape index (κ3) is 4.55. The molecule has 0 aliphatic carbocycles. The summed E-state index contributed by atoms with van der Waals surface area (Å²) >= 11 is 4.83. The average Bonchev–Trinajstić information content (AvgIpc) is 2.26. The Balaban J connectivity index is 2.48. The number of carboxylic acid groups (broad SMARTS) is 1. The second-order valence-electron chi connectivity index (χ2n) is 3.31. The molecule has 1 unspecified atom stereocenters. The second kappa shape index (κ2) is 6.93. The van der Waals surface area contributed by atoms with Crippen LogP contribution < -0.4 is 0 Å². The van der Waals surface area contributed by atoms with Gasteiger partial charge in [0.2, 0.25) is 0 Å². The summed E-state index contributed by atoms with van der Waals surface area (Å²) in [5, 5.41) is 17.6. The highest BCUT2D eigenvalue weighted by Crippen LogP contribution is 2.23. The maximum Gasteiger partial charge on any atom is 0.307 e. The lowest BCUT2D eigenvalue weighted by Crippen LogP contribution is -2.17. The van der Waals surface area contributed by atoms with Gasteiger partial charge in [0.1, 0.15) is 0 Å². The summed E-state index contributed by atoms with van der Waals surface area (Å²) in [7, 11) is 0. The maximum atomic E-state index is 10.8. The number of halogens is 1. The number of aliphatic carboxylic acids is 1. The molecule has 0 amide bonds. The van der Waals surface area contributed by atoms with Crippen LogP contribution in [0.4, 0.5) is 0 Å². The molecule has 0 saturated carbocycles. The van der Waals surface area contributed by atoms with Crippen molar-refractivity contribution in [3.63, 3.8) is 0 Å². The Labute approximate surface area is 107 Å². The third-order valence-corrected chi connectivity index (χ3v) is 3.79. The lowest BCUT2D eigenvalue weighted by Gasteiger charge is -2.10. The SMILES string of the molecule is O=C(O)C(CCO)CSc1ccc(Br)cc1. The Morgan fingerprint density at radius 2 is 2.00 bits per heavy atom. The fourth-order valence-corrected chi connectivity index (χ4v) is 2.46. The maximum absolute atomic E-state index is 10.8. The van der Waals surface area contributed by atoms with Gasteiger partial charge in [0.05, 0.1) is 5.92 Å². The van der Waals surface area contributed by atoms with Gasteiger partial charge in [0.25, 0.3) is 0 Å². The molecule has 1 aromatic rings. The summed E-state index contributed by atoms with van der Waals surface area (Å²) < 4.78 is 1.00. The Morgan fingerprint density at radius 3 is 2.50 bits per heavy atom. The summed E-state index contributed by atoms with van der Waals surface area (Å²) in [6.07, 6.45) is 0.304. The van der Waals surface area contributed by atoms with Gasteiger partial charge >= 0.3 is 5.97 Å². The van der Waals surface area contributed by atoms with Gasteiger partial charge in [0.15, 0.2) is 0 Å². The quantitative estimate of drug-likeness (QED) is 0.793. The zero-order valence-corrected chi connectivity index (χ0v) is 11.0. The van der Waals surface area contributed by atoms with Crippen LogP contribution in [0.25, 0.3) is 0 Å². The van der Waals surface area contributed by atoms with Crippen molar-refractivity contribution >= 4 is 33.7 Å². The molecule has 0 radical (unpaired) electrons. The molecule has 0 aliphatic heterocycles. The van der Waals surface area contributed by atoms with Gasteiger partial charge < -0.3 is 10.2 Å². The van der Waals surface area contributed by atoms with Crippen molar-refractivity contribution in [3.8, 4) is 0 Å². The topological polar surface area (TPSA) is 57.5 Å². The third-order valence-electron chi connectivity index (χ3n) is 2.09. The first kappa shape index (κ1) is 13.5. The van der Waals surface area contributed by atoms with E-state index >= 15 is 0 Å². The lowest BCUT2D eigenvalue weighted by molar-refractivity contribution is -0.141. The predicted octanol–water partition coefficient (Wildman–Crippen LogP) is 2.62. The zero-order chi connectivity index (χ0) is 12.0. The molecule has 0 fully saturated rings. The van der Waals surface area contributed by atoms with Crippen molar-refractivity contribution in [1.29, 1.82) is 0 Å². The number of aliphatic hydroxyl groups is 1. The fraction of sp³-hybridized carbons (Fsp3) is 0.364. The van der Waals surface area contributed by atoms with Crippen LogP contribution in [0.2, 0.25) is 0 Å². The van der Waals surface area contributed by atoms with E-state index in [1.165, 1.54) is 11.8 Å². The fourth-order valence-electron chi connectivity index (χ4n) is 1.16. The second-order valence-corrected chi connectivity index (χ2v) is 5.32. The number of rotatable bonds is 6. The summed E-state index contributed by atoms with van der Waals surface area (Å²) in [6, 6.07) is 7.72. The largest absolute Gasteiger partial charge is 0.481 e. The Morgan fingerprint density at radius 1 is 1.38 bits per heavy atom. The van der Waals surface area contributed by atoms with E-state index in [4.69, 9.17) is 10.2 Å². The molecule has 0 spiro atoms. The summed E-state index contributed by atoms with van der Waals surface area (Å²) in [5.74, 6) is -0.852. The minimum atomic E-state index is -0.848. The van der Waals surface area contributed by atoms with Crippen LogP contribution in [0.1, 0.15) is 6.42 Å². The van der Waals surface area contributed by atoms with Gasteiger partial charge in [-0.25, -0.2) is 0 Å². The highest BCUT2D eigenvalue weighted by Gasteiger charge is 2.16. The minimum Gasteiger partial charge on any atom is -0.481 e. The van der Waals surface area contributed by atoms with Crippen LogP contribution in [-0.4, -0.2) is 28.5 Å². The standard InChI is InChI=1S/C11H13BrO3S/c12-9-1-3-10(4-2-9)16-7-8(5-6-13)11(14)15/h1-4,8,13H,5-7H2,(H,14,15). The number of carboxylic acids is 1. The van der Waals surface area contributed by atoms with Gasteiger partial charge in [-0.15, -0.1) is 11.8 Å². The predicted molar refractivity (Wildman–Crippen MR) is 67.7 cm³/mol. The molecular weight excluding hydrogens is 292 g/mol. The van der Waals surface area contributed by atoms with Crippen molar-refractivity contribution < 1.29 is 15.0 Å². The Hall–Kier alpha value is -0.520. The molecule has 1 atom stereocenters. The minimum absolute atomic E-state index is 0.0855. The normalized spacial score (nSPS) is 12.4. The lowest BCUT2D eigenvalue weighted by atomic mass is 10.1. The van der Waals surface area contributed by atoms with E-state index in [2.05, 4.69) is 15.9 Å². The van der Waals surface area contributed by atoms with E-state index in [0.29, 0.717) is 12.2 Å². The van der Waals surface area contributed by atoms with Crippen molar-refractivity contribution in [1.82, 2.24) is 0 Å². The van der Waals surface area contributed by atoms with Crippen LogP contribution in [0.15, 0.2) is 33.6 Å². The molecule has 0 saturated heterocycles. The first-order valence-corrected chi connectivity index (χ1v) is 6.63. The highest BCUT2D eigenvalue weighted by atomic mass is 79.9. The van der Waals surface area contributed by atoms with E-state index in [1.807, 2.05) is 24.3 Å². The van der Waals surface area contributed by atoms with Crippen molar-refractivity contribution in [2.24, 2.45) is 5.92 Å². The van der Waals surface area contributed by atoms with E-state index < -0.39 is 11.9 Å². The monoisotopic (exact) mass is 304 g/mol. The summed E-state index contributed by atoms with van der Waals surface area (Å²) in [4.78, 5) is 11.9. The number of carbonyl (C=O) groups is 1. The Kier molecular flexibility index (Phi) is 5.87. The Bertz CT molecular complexity index is 340. The van der Waals surface area contributed by atoms with Gasteiger partial charge in [-0.3, -0.25) is 4.79 Å². The van der Waals surface area contributed by atoms with Crippen molar-refractivity contribution in [3.05, 3.63) is 28.7 Å². The van der Waals surface area contributed by atoms with Gasteiger partial charge in [0, 0.05) is 21.7 Å². The first-order chi connectivity index (χ1) is 7.63. The molecule has 0 bridgehead atoms. The van der Waals surface area contributed by atoms with E-state index in [9.17, 15) is 4.79 Å². The van der Waals surface area contributed by atoms with Crippen LogP contribution >= 0.6 is 27.7 Å². The molecule has 3 nitrogen and oxygen atoms in total. The van der Waals surface area contributed by atoms with Crippen LogP contribution in [0, 0.1) is 5.92 Å². The molecule has 88 valence electrons. The van der Waals surface area contributed by atoms with Crippen molar-refractivity contribution in [2.45, 2.75) is 11.3 Å². The molecule has 0 heterocycles. The van der Waals surface area contributed by atoms with Crippen molar-refractivity contribution in [2.75, 3.05) is 12.4 Å². The van der Waals surface area contributed by atoms with E-state index in [0.717, 1.165) is 9.37 Å². The van der Waals surface area contributed by atoms with E-state index in [-0.39, 0.29) is 6.61 Å². The highest BCUT2D eigenvalue weighted by molar-refractivity contribution is 9.10. The van der Waals surface area contributed by atoms with Gasteiger partial charge in [-0.2, -0.15) is 0 Å². The van der Waals surface area contributed by atoms with E-state index in [1.54, 1.807) is 0 Å². The van der Waals surface area contributed by atoms with Crippen LogP contribution in [-0.2, 0) is 4.79 Å². The first-order valence-electron chi connectivity index (χ1n) is 4.85. The number of benzene rings is 1. The zero-order valence-electron chi connectivity index (χ0n) is 8.60. The van der Waals surface area contributed by atoms with Crippen LogP contribution in [0.3, 0.4) is 0 Å². The van der Waals surface area contributed by atoms with Gasteiger partial charge in [-0.1, -0.05) is 15.9 Å². The van der Waals surface area contributed by atoms with Crippen LogP contribution in [0.5, 0.6) is 0 Å². The molecule has 0 aliphatic rings. The number of thioether (sulfide) groups is 1. The molecule has 5 heteroatoms. The molecule has 1 aromatic carbocycles. The molecule has 1 rings (SSSR count). The molecule has 16 heavy (non-hydrogen) atoms. The molecule has 0 aromatic heterocycles. The summed E-state index contributed by atoms with van der Waals surface area (Å²) in [5.41, 5.74) is 0. The number of aliphatic hydroxyl groups excluding tert-OH is 1. The molecular formula is C11H13BrO3S. The number of hydrogen-bond acceptors (Lipinski definition) is 3. The average molecular weight is 305 g/mol. The number of hydrogen-bond donors (Lipinski definition) is 2. The molecule has 2 N–H and O–H groups in total.